The van der Waals surface area contributed by atoms with Crippen molar-refractivity contribution in [2.75, 3.05) is 39.3 Å². The van der Waals surface area contributed by atoms with Gasteiger partial charge in [-0.2, -0.15) is 4.98 Å². The van der Waals surface area contributed by atoms with Crippen LogP contribution >= 0.6 is 0 Å². The van der Waals surface area contributed by atoms with E-state index in [2.05, 4.69) is 26.9 Å². The first-order valence-corrected chi connectivity index (χ1v) is 11.2. The Morgan fingerprint density at radius 3 is 2.39 bits per heavy atom. The van der Waals surface area contributed by atoms with Crippen LogP contribution in [-0.4, -0.2) is 88.3 Å². The summed E-state index contributed by atoms with van der Waals surface area (Å²) in [6.07, 6.45) is 0.187. The van der Waals surface area contributed by atoms with Crippen molar-refractivity contribution in [1.29, 1.82) is 0 Å². The molecule has 0 N–H and O–H groups in total. The SMILES string of the molecule is Cc1ccc(-c2noc(CN3CCN(C(C)C(=O)N4CC(C)OC(C)C4)CC3)n2)cc1. The lowest BCUT2D eigenvalue weighted by molar-refractivity contribution is -0.148. The molecule has 0 aliphatic carbocycles. The van der Waals surface area contributed by atoms with Crippen LogP contribution in [0.15, 0.2) is 28.8 Å². The van der Waals surface area contributed by atoms with Crippen LogP contribution in [0, 0.1) is 6.92 Å². The van der Waals surface area contributed by atoms with E-state index < -0.39 is 0 Å². The van der Waals surface area contributed by atoms with Gasteiger partial charge in [0.05, 0.1) is 24.8 Å². The van der Waals surface area contributed by atoms with E-state index >= 15 is 0 Å². The van der Waals surface area contributed by atoms with Gasteiger partial charge in [0.15, 0.2) is 0 Å². The van der Waals surface area contributed by atoms with E-state index in [1.165, 1.54) is 5.56 Å². The number of morpholine rings is 1. The second kappa shape index (κ2) is 9.46. The van der Waals surface area contributed by atoms with Crippen LogP contribution in [0.3, 0.4) is 0 Å². The van der Waals surface area contributed by atoms with Gasteiger partial charge in [0.2, 0.25) is 17.6 Å². The monoisotopic (exact) mass is 427 g/mol. The summed E-state index contributed by atoms with van der Waals surface area (Å²) < 4.78 is 11.2. The third kappa shape index (κ3) is 5.31. The summed E-state index contributed by atoms with van der Waals surface area (Å²) in [6, 6.07) is 8.00. The molecule has 2 aliphatic rings. The van der Waals surface area contributed by atoms with Crippen molar-refractivity contribution >= 4 is 5.91 Å². The minimum atomic E-state index is -0.115. The molecule has 3 atom stereocenters. The number of benzene rings is 1. The number of carbonyl (C=O) groups is 1. The minimum absolute atomic E-state index is 0.0935. The summed E-state index contributed by atoms with van der Waals surface area (Å²) in [4.78, 5) is 24.1. The molecule has 3 heterocycles. The zero-order valence-electron chi connectivity index (χ0n) is 19.0. The minimum Gasteiger partial charge on any atom is -0.372 e. The van der Waals surface area contributed by atoms with E-state index in [-0.39, 0.29) is 24.2 Å². The maximum absolute atomic E-state index is 13.0. The summed E-state index contributed by atoms with van der Waals surface area (Å²) >= 11 is 0. The molecule has 31 heavy (non-hydrogen) atoms. The van der Waals surface area contributed by atoms with E-state index in [9.17, 15) is 4.79 Å². The van der Waals surface area contributed by atoms with Gasteiger partial charge in [-0.15, -0.1) is 0 Å². The summed E-state index contributed by atoms with van der Waals surface area (Å²) in [5, 5.41) is 4.13. The Kier molecular flexibility index (Phi) is 6.69. The number of carbonyl (C=O) groups excluding carboxylic acids is 1. The Balaban J connectivity index is 1.28. The largest absolute Gasteiger partial charge is 0.372 e. The van der Waals surface area contributed by atoms with Gasteiger partial charge in [-0.3, -0.25) is 14.6 Å². The molecule has 1 amide bonds. The molecule has 8 heteroatoms. The lowest BCUT2D eigenvalue weighted by Gasteiger charge is -2.41. The molecule has 3 unspecified atom stereocenters. The van der Waals surface area contributed by atoms with E-state index in [0.717, 1.165) is 31.7 Å². The van der Waals surface area contributed by atoms with E-state index in [1.807, 2.05) is 49.9 Å². The van der Waals surface area contributed by atoms with Crippen LogP contribution in [0.1, 0.15) is 32.2 Å². The third-order valence-corrected chi connectivity index (χ3v) is 6.18. The molecule has 1 aromatic heterocycles. The summed E-state index contributed by atoms with van der Waals surface area (Å²) in [7, 11) is 0. The molecule has 8 nitrogen and oxygen atoms in total. The molecule has 1 aromatic carbocycles. The predicted octanol–water partition coefficient (Wildman–Crippen LogP) is 2.19. The smallest absolute Gasteiger partial charge is 0.241 e. The first-order chi connectivity index (χ1) is 14.9. The highest BCUT2D eigenvalue weighted by Crippen LogP contribution is 2.18. The van der Waals surface area contributed by atoms with E-state index in [1.54, 1.807) is 0 Å². The van der Waals surface area contributed by atoms with Gasteiger partial charge in [0, 0.05) is 44.8 Å². The number of nitrogens with zero attached hydrogens (tertiary/aromatic N) is 5. The number of rotatable bonds is 5. The Morgan fingerprint density at radius 2 is 1.74 bits per heavy atom. The highest BCUT2D eigenvalue weighted by Gasteiger charge is 2.32. The van der Waals surface area contributed by atoms with Gasteiger partial charge in [0.25, 0.3) is 0 Å². The van der Waals surface area contributed by atoms with Crippen molar-refractivity contribution in [2.45, 2.75) is 52.5 Å². The lowest BCUT2D eigenvalue weighted by atomic mass is 10.1. The molecule has 0 spiro atoms. The third-order valence-electron chi connectivity index (χ3n) is 6.18. The molecule has 2 saturated heterocycles. The van der Waals surface area contributed by atoms with Gasteiger partial charge in [0.1, 0.15) is 0 Å². The van der Waals surface area contributed by atoms with Gasteiger partial charge < -0.3 is 14.2 Å². The Bertz CT molecular complexity index is 866. The van der Waals surface area contributed by atoms with Crippen LogP contribution < -0.4 is 0 Å². The van der Waals surface area contributed by atoms with Crippen molar-refractivity contribution in [2.24, 2.45) is 0 Å². The van der Waals surface area contributed by atoms with Crippen LogP contribution in [0.2, 0.25) is 0 Å². The Labute approximate surface area is 184 Å². The van der Waals surface area contributed by atoms with Gasteiger partial charge in [-0.25, -0.2) is 0 Å². The first-order valence-electron chi connectivity index (χ1n) is 11.2. The van der Waals surface area contributed by atoms with Gasteiger partial charge >= 0.3 is 0 Å². The topological polar surface area (TPSA) is 74.9 Å². The summed E-state index contributed by atoms with van der Waals surface area (Å²) in [5.74, 6) is 1.46. The van der Waals surface area contributed by atoms with Crippen LogP contribution in [0.25, 0.3) is 11.4 Å². The molecule has 0 saturated carbocycles. The fraction of sp³-hybridized carbons (Fsp3) is 0.609. The number of amides is 1. The summed E-state index contributed by atoms with van der Waals surface area (Å²) in [6.45, 7) is 13.6. The quantitative estimate of drug-likeness (QED) is 0.724. The molecule has 2 fully saturated rings. The van der Waals surface area contributed by atoms with Crippen molar-refractivity contribution in [3.05, 3.63) is 35.7 Å². The number of hydrogen-bond acceptors (Lipinski definition) is 7. The predicted molar refractivity (Wildman–Crippen MR) is 117 cm³/mol. The lowest BCUT2D eigenvalue weighted by Crippen LogP contribution is -2.57. The molecular formula is C23H33N5O3. The standard InChI is InChI=1S/C23H33N5O3/c1-16-5-7-20(8-6-16)22-24-21(31-25-22)15-26-9-11-27(12-10-26)19(4)23(29)28-13-17(2)30-18(3)14-28/h5-8,17-19H,9-15H2,1-4H3. The van der Waals surface area contributed by atoms with Crippen LogP contribution in [0.4, 0.5) is 0 Å². The van der Waals surface area contributed by atoms with Crippen molar-refractivity contribution in [3.8, 4) is 11.4 Å². The molecule has 2 aromatic rings. The average Bonchev–Trinajstić information content (AvgIpc) is 3.21. The number of aromatic nitrogens is 2. The first kappa shape index (κ1) is 21.9. The molecular weight excluding hydrogens is 394 g/mol. The molecule has 0 radical (unpaired) electrons. The summed E-state index contributed by atoms with van der Waals surface area (Å²) in [5.41, 5.74) is 2.17. The maximum atomic E-state index is 13.0. The second-order valence-corrected chi connectivity index (χ2v) is 8.87. The fourth-order valence-corrected chi connectivity index (χ4v) is 4.42. The van der Waals surface area contributed by atoms with Crippen LogP contribution in [-0.2, 0) is 16.1 Å². The van der Waals surface area contributed by atoms with Gasteiger partial charge in [-0.1, -0.05) is 35.0 Å². The van der Waals surface area contributed by atoms with E-state index in [0.29, 0.717) is 31.3 Å². The average molecular weight is 428 g/mol. The van der Waals surface area contributed by atoms with Crippen LogP contribution in [0.5, 0.6) is 0 Å². The Hall–Kier alpha value is -2.29. The number of hydrogen-bond donors (Lipinski definition) is 0. The number of aryl methyl sites for hydroxylation is 1. The molecule has 0 bridgehead atoms. The highest BCUT2D eigenvalue weighted by molar-refractivity contribution is 5.81. The molecule has 168 valence electrons. The van der Waals surface area contributed by atoms with Crippen molar-refractivity contribution in [3.63, 3.8) is 0 Å². The number of piperazine rings is 1. The fourth-order valence-electron chi connectivity index (χ4n) is 4.42. The van der Waals surface area contributed by atoms with Crippen molar-refractivity contribution in [1.82, 2.24) is 24.8 Å². The zero-order chi connectivity index (χ0) is 22.0. The van der Waals surface area contributed by atoms with E-state index in [4.69, 9.17) is 9.26 Å². The number of ether oxygens (including phenoxy) is 1. The molecule has 4 rings (SSSR count). The highest BCUT2D eigenvalue weighted by atomic mass is 16.5. The molecule has 2 aliphatic heterocycles. The maximum Gasteiger partial charge on any atom is 0.241 e. The van der Waals surface area contributed by atoms with Gasteiger partial charge in [-0.05, 0) is 27.7 Å². The second-order valence-electron chi connectivity index (χ2n) is 8.87. The normalized spacial score (nSPS) is 24.3. The van der Waals surface area contributed by atoms with Crippen molar-refractivity contribution < 1.29 is 14.1 Å². The Morgan fingerprint density at radius 1 is 1.10 bits per heavy atom. The zero-order valence-corrected chi connectivity index (χ0v) is 19.0.